The third-order valence-electron chi connectivity index (χ3n) is 4.45. The Hall–Kier alpha value is -1.28. The predicted octanol–water partition coefficient (Wildman–Crippen LogP) is 2.46. The second-order valence-electron chi connectivity index (χ2n) is 6.32. The molecular formula is C16H28N6S2. The molecule has 2 fully saturated rings. The second-order valence-corrected chi connectivity index (χ2v) is 7.10. The Morgan fingerprint density at radius 3 is 1.33 bits per heavy atom. The molecule has 2 heterocycles. The highest BCUT2D eigenvalue weighted by Gasteiger charge is 2.14. The van der Waals surface area contributed by atoms with E-state index in [0.29, 0.717) is 10.2 Å². The van der Waals surface area contributed by atoms with Gasteiger partial charge in [0.2, 0.25) is 0 Å². The number of thiocarbonyl (C=S) groups is 2. The van der Waals surface area contributed by atoms with Crippen LogP contribution < -0.4 is 10.9 Å². The monoisotopic (exact) mass is 368 g/mol. The molecule has 0 unspecified atom stereocenters. The summed E-state index contributed by atoms with van der Waals surface area (Å²) in [6, 6.07) is 0. The highest BCUT2D eigenvalue weighted by molar-refractivity contribution is 7.80. The molecule has 0 saturated carbocycles. The van der Waals surface area contributed by atoms with Gasteiger partial charge in [0.25, 0.3) is 0 Å². The summed E-state index contributed by atoms with van der Waals surface area (Å²) in [6.45, 7) is 7.88. The van der Waals surface area contributed by atoms with Crippen LogP contribution in [0.3, 0.4) is 0 Å². The smallest absolute Gasteiger partial charge is 0.189 e. The van der Waals surface area contributed by atoms with E-state index in [1.54, 1.807) is 0 Å². The Labute approximate surface area is 155 Å². The summed E-state index contributed by atoms with van der Waals surface area (Å²) in [5.74, 6) is 0. The predicted molar refractivity (Wildman–Crippen MR) is 109 cm³/mol. The molecule has 134 valence electrons. The van der Waals surface area contributed by atoms with Crippen LogP contribution in [0.4, 0.5) is 0 Å². The van der Waals surface area contributed by atoms with E-state index < -0.39 is 0 Å². The minimum atomic E-state index is 0.693. The fourth-order valence-electron chi connectivity index (χ4n) is 2.76. The van der Waals surface area contributed by atoms with E-state index in [0.717, 1.165) is 37.6 Å². The molecule has 2 aliphatic heterocycles. The summed E-state index contributed by atoms with van der Waals surface area (Å²) >= 11 is 10.8. The zero-order chi connectivity index (χ0) is 17.4. The van der Waals surface area contributed by atoms with Crippen molar-refractivity contribution in [1.29, 1.82) is 0 Å². The van der Waals surface area contributed by atoms with E-state index >= 15 is 0 Å². The molecule has 2 saturated heterocycles. The van der Waals surface area contributed by atoms with Gasteiger partial charge in [0.1, 0.15) is 0 Å². The number of nitrogens with zero attached hydrogens (tertiary/aromatic N) is 4. The second kappa shape index (κ2) is 9.88. The summed E-state index contributed by atoms with van der Waals surface area (Å²) in [5.41, 5.74) is 7.54. The molecule has 0 aromatic heterocycles. The Morgan fingerprint density at radius 2 is 1.00 bits per heavy atom. The third-order valence-corrected chi connectivity index (χ3v) is 5.15. The van der Waals surface area contributed by atoms with Crippen molar-refractivity contribution in [3.05, 3.63) is 0 Å². The lowest BCUT2D eigenvalue weighted by Gasteiger charge is -2.28. The largest absolute Gasteiger partial charge is 0.348 e. The summed E-state index contributed by atoms with van der Waals surface area (Å²) in [4.78, 5) is 4.34. The summed E-state index contributed by atoms with van der Waals surface area (Å²) < 4.78 is 0. The Morgan fingerprint density at radius 1 is 0.667 bits per heavy atom. The van der Waals surface area contributed by atoms with Crippen LogP contribution in [0.5, 0.6) is 0 Å². The van der Waals surface area contributed by atoms with Crippen LogP contribution in [0, 0.1) is 0 Å². The molecule has 2 rings (SSSR count). The third kappa shape index (κ3) is 5.98. The number of rotatable bonds is 3. The lowest BCUT2D eigenvalue weighted by atomic mass is 10.1. The first-order valence-corrected chi connectivity index (χ1v) is 9.58. The molecule has 24 heavy (non-hydrogen) atoms. The molecule has 6 nitrogen and oxygen atoms in total. The van der Waals surface area contributed by atoms with Gasteiger partial charge in [0.05, 0.1) is 11.4 Å². The normalized spacial score (nSPS) is 19.9. The van der Waals surface area contributed by atoms with E-state index in [-0.39, 0.29) is 0 Å². The van der Waals surface area contributed by atoms with Gasteiger partial charge in [-0.3, -0.25) is 10.9 Å². The first-order chi connectivity index (χ1) is 11.6. The molecule has 2 aliphatic rings. The minimum absolute atomic E-state index is 0.693. The lowest BCUT2D eigenvalue weighted by Crippen LogP contribution is -2.41. The van der Waals surface area contributed by atoms with E-state index in [1.165, 1.54) is 38.5 Å². The van der Waals surface area contributed by atoms with Gasteiger partial charge in [0.15, 0.2) is 10.2 Å². The standard InChI is InChI=1S/C16H28N6S2/c1-13(17-19-15(23)21-9-5-3-6-10-21)14(2)18-20-16(24)22-11-7-4-8-12-22/h3-12H2,1-2H3,(H,19,23)(H,20,24)/b17-13+,18-14+. The van der Waals surface area contributed by atoms with Gasteiger partial charge >= 0.3 is 0 Å². The van der Waals surface area contributed by atoms with Crippen LogP contribution in [-0.2, 0) is 0 Å². The van der Waals surface area contributed by atoms with Crippen LogP contribution in [0.15, 0.2) is 10.2 Å². The number of hydrogen-bond donors (Lipinski definition) is 2. The van der Waals surface area contributed by atoms with Crippen molar-refractivity contribution in [1.82, 2.24) is 20.7 Å². The Bertz CT molecular complexity index is 459. The highest BCUT2D eigenvalue weighted by Crippen LogP contribution is 2.09. The minimum Gasteiger partial charge on any atom is -0.348 e. The Balaban J connectivity index is 1.79. The maximum Gasteiger partial charge on any atom is 0.189 e. The van der Waals surface area contributed by atoms with Gasteiger partial charge in [-0.25, -0.2) is 0 Å². The number of hydrogen-bond acceptors (Lipinski definition) is 4. The van der Waals surface area contributed by atoms with Gasteiger partial charge in [-0.1, -0.05) is 0 Å². The number of likely N-dealkylation sites (tertiary alicyclic amines) is 2. The number of hydrazone groups is 2. The van der Waals surface area contributed by atoms with Crippen LogP contribution in [0.1, 0.15) is 52.4 Å². The van der Waals surface area contributed by atoms with Gasteiger partial charge in [-0.15, -0.1) is 0 Å². The van der Waals surface area contributed by atoms with Crippen molar-refractivity contribution in [3.63, 3.8) is 0 Å². The Kier molecular flexibility index (Phi) is 7.84. The number of nitrogens with one attached hydrogen (secondary N) is 2. The molecule has 0 aromatic rings. The molecule has 8 heteroatoms. The van der Waals surface area contributed by atoms with Gasteiger partial charge in [-0.05, 0) is 76.8 Å². The maximum atomic E-state index is 5.40. The number of piperidine rings is 2. The SMILES string of the molecule is CC(=N\NC(=S)N1CCCCC1)/C(C)=N/NC(=S)N1CCCCC1. The molecule has 2 N–H and O–H groups in total. The average molecular weight is 369 g/mol. The molecule has 0 bridgehead atoms. The van der Waals surface area contributed by atoms with Crippen molar-refractivity contribution in [2.24, 2.45) is 10.2 Å². The quantitative estimate of drug-likeness (QED) is 0.453. The first kappa shape index (κ1) is 19.1. The molecule has 0 aromatic carbocycles. The molecule has 0 spiro atoms. The maximum absolute atomic E-state index is 5.40. The summed E-state index contributed by atoms with van der Waals surface area (Å²) in [5, 5.41) is 10.1. The zero-order valence-corrected chi connectivity index (χ0v) is 16.3. The highest BCUT2D eigenvalue weighted by atomic mass is 32.1. The van der Waals surface area contributed by atoms with Crippen molar-refractivity contribution in [2.45, 2.75) is 52.4 Å². The van der Waals surface area contributed by atoms with E-state index in [1.807, 2.05) is 13.8 Å². The topological polar surface area (TPSA) is 55.3 Å². The molecule has 0 amide bonds. The van der Waals surface area contributed by atoms with Crippen LogP contribution in [0.2, 0.25) is 0 Å². The fraction of sp³-hybridized carbons (Fsp3) is 0.750. The van der Waals surface area contributed by atoms with Gasteiger partial charge in [-0.2, -0.15) is 10.2 Å². The molecule has 0 radical (unpaired) electrons. The van der Waals surface area contributed by atoms with E-state index in [4.69, 9.17) is 24.4 Å². The lowest BCUT2D eigenvalue weighted by molar-refractivity contribution is 0.338. The van der Waals surface area contributed by atoms with Crippen LogP contribution >= 0.6 is 24.4 Å². The molecular weight excluding hydrogens is 340 g/mol. The van der Waals surface area contributed by atoms with Gasteiger partial charge < -0.3 is 9.80 Å². The molecule has 0 atom stereocenters. The van der Waals surface area contributed by atoms with Crippen molar-refractivity contribution in [2.75, 3.05) is 26.2 Å². The van der Waals surface area contributed by atoms with Crippen LogP contribution in [-0.4, -0.2) is 57.6 Å². The zero-order valence-electron chi connectivity index (χ0n) is 14.7. The summed E-state index contributed by atoms with van der Waals surface area (Å²) in [7, 11) is 0. The van der Waals surface area contributed by atoms with Crippen molar-refractivity contribution in [3.8, 4) is 0 Å². The van der Waals surface area contributed by atoms with Crippen molar-refractivity contribution >= 4 is 46.1 Å². The van der Waals surface area contributed by atoms with E-state index in [2.05, 4.69) is 30.9 Å². The average Bonchev–Trinajstić information content (AvgIpc) is 2.64. The molecule has 0 aliphatic carbocycles. The van der Waals surface area contributed by atoms with Gasteiger partial charge in [0, 0.05) is 26.2 Å². The van der Waals surface area contributed by atoms with E-state index in [9.17, 15) is 0 Å². The van der Waals surface area contributed by atoms with Crippen molar-refractivity contribution < 1.29 is 0 Å². The van der Waals surface area contributed by atoms with Crippen LogP contribution in [0.25, 0.3) is 0 Å². The summed E-state index contributed by atoms with van der Waals surface area (Å²) in [6.07, 6.45) is 7.36. The first-order valence-electron chi connectivity index (χ1n) is 8.76. The fourth-order valence-corrected chi connectivity index (χ4v) is 3.22.